The van der Waals surface area contributed by atoms with Gasteiger partial charge in [-0.3, -0.25) is 0 Å². The maximum absolute atomic E-state index is 5.75. The van der Waals surface area contributed by atoms with E-state index in [1.165, 1.54) is 41.0 Å². The van der Waals surface area contributed by atoms with Crippen LogP contribution in [0.4, 0.5) is 0 Å². The van der Waals surface area contributed by atoms with E-state index in [0.717, 1.165) is 26.3 Å². The number of rotatable bonds is 10. The van der Waals surface area contributed by atoms with Gasteiger partial charge in [0.2, 0.25) is 0 Å². The van der Waals surface area contributed by atoms with Crippen LogP contribution >= 0.6 is 11.3 Å². The molecule has 0 saturated carbocycles. The van der Waals surface area contributed by atoms with Crippen LogP contribution in [0.5, 0.6) is 0 Å². The number of thiophene rings is 1. The minimum absolute atomic E-state index is 0.778. The Kier molecular flexibility index (Phi) is 8.31. The Morgan fingerprint density at radius 1 is 1.22 bits per heavy atom. The lowest BCUT2D eigenvalue weighted by molar-refractivity contribution is 0.116. The number of unbranched alkanes of at least 4 members (excludes halogenated alkanes) is 3. The summed E-state index contributed by atoms with van der Waals surface area (Å²) in [6.07, 6.45) is 5.11. The Morgan fingerprint density at radius 3 is 2.78 bits per heavy atom. The summed E-state index contributed by atoms with van der Waals surface area (Å²) in [6.45, 7) is 10.3. The SMILES string of the molecule is CCCCCCOCc1cc(CNCC)sc1C. The molecule has 0 unspecified atom stereocenters. The smallest absolute Gasteiger partial charge is 0.0727 e. The van der Waals surface area contributed by atoms with Crippen molar-refractivity contribution in [1.29, 1.82) is 0 Å². The molecule has 0 radical (unpaired) electrons. The molecule has 1 N–H and O–H groups in total. The third-order valence-corrected chi connectivity index (χ3v) is 4.11. The summed E-state index contributed by atoms with van der Waals surface area (Å²) in [5, 5.41) is 3.37. The van der Waals surface area contributed by atoms with Crippen molar-refractivity contribution in [2.45, 2.75) is 59.6 Å². The lowest BCUT2D eigenvalue weighted by Gasteiger charge is -2.03. The van der Waals surface area contributed by atoms with Gasteiger partial charge in [0.15, 0.2) is 0 Å². The molecule has 1 aromatic heterocycles. The van der Waals surface area contributed by atoms with Gasteiger partial charge in [-0.15, -0.1) is 11.3 Å². The molecule has 0 bridgehead atoms. The number of ether oxygens (including phenoxy) is 1. The van der Waals surface area contributed by atoms with Crippen molar-refractivity contribution in [3.05, 3.63) is 21.4 Å². The van der Waals surface area contributed by atoms with Crippen molar-refractivity contribution in [3.63, 3.8) is 0 Å². The van der Waals surface area contributed by atoms with Crippen LogP contribution in [0, 0.1) is 6.92 Å². The molecule has 0 spiro atoms. The summed E-state index contributed by atoms with van der Waals surface area (Å²) in [5.74, 6) is 0. The minimum atomic E-state index is 0.778. The van der Waals surface area contributed by atoms with Gasteiger partial charge in [0.25, 0.3) is 0 Å². The summed E-state index contributed by atoms with van der Waals surface area (Å²) < 4.78 is 5.75. The normalized spacial score (nSPS) is 11.1. The number of aryl methyl sites for hydroxylation is 1. The van der Waals surface area contributed by atoms with E-state index in [2.05, 4.69) is 32.2 Å². The van der Waals surface area contributed by atoms with Gasteiger partial charge in [-0.05, 0) is 31.5 Å². The summed E-state index contributed by atoms with van der Waals surface area (Å²) in [5.41, 5.74) is 1.36. The highest BCUT2D eigenvalue weighted by molar-refractivity contribution is 7.12. The number of hydrogen-bond donors (Lipinski definition) is 1. The van der Waals surface area contributed by atoms with Crippen LogP contribution in [-0.2, 0) is 17.9 Å². The molecular formula is C15H27NOS. The highest BCUT2D eigenvalue weighted by Crippen LogP contribution is 2.22. The van der Waals surface area contributed by atoms with E-state index >= 15 is 0 Å². The highest BCUT2D eigenvalue weighted by Gasteiger charge is 2.05. The zero-order valence-electron chi connectivity index (χ0n) is 12.1. The van der Waals surface area contributed by atoms with Crippen molar-refractivity contribution in [2.24, 2.45) is 0 Å². The predicted molar refractivity (Wildman–Crippen MR) is 80.2 cm³/mol. The van der Waals surface area contributed by atoms with E-state index in [4.69, 9.17) is 4.74 Å². The first-order valence-electron chi connectivity index (χ1n) is 7.14. The highest BCUT2D eigenvalue weighted by atomic mass is 32.1. The summed E-state index contributed by atoms with van der Waals surface area (Å²) in [6, 6.07) is 2.29. The first-order valence-corrected chi connectivity index (χ1v) is 7.96. The Labute approximate surface area is 116 Å². The molecule has 0 aliphatic heterocycles. The fourth-order valence-corrected chi connectivity index (χ4v) is 2.90. The molecule has 0 aliphatic rings. The average molecular weight is 269 g/mol. The van der Waals surface area contributed by atoms with Crippen molar-refractivity contribution >= 4 is 11.3 Å². The van der Waals surface area contributed by atoms with E-state index in [-0.39, 0.29) is 0 Å². The van der Waals surface area contributed by atoms with Crippen molar-refractivity contribution in [1.82, 2.24) is 5.32 Å². The first-order chi connectivity index (χ1) is 8.77. The molecule has 0 atom stereocenters. The van der Waals surface area contributed by atoms with E-state index in [9.17, 15) is 0 Å². The van der Waals surface area contributed by atoms with E-state index in [1.54, 1.807) is 0 Å². The van der Waals surface area contributed by atoms with Crippen LogP contribution in [0.3, 0.4) is 0 Å². The second-order valence-corrected chi connectivity index (χ2v) is 6.03. The molecule has 1 aromatic rings. The van der Waals surface area contributed by atoms with Gasteiger partial charge in [0.1, 0.15) is 0 Å². The average Bonchev–Trinajstić information content (AvgIpc) is 2.72. The molecule has 2 nitrogen and oxygen atoms in total. The predicted octanol–water partition coefficient (Wildman–Crippen LogP) is 4.26. The molecule has 1 heterocycles. The van der Waals surface area contributed by atoms with Crippen LogP contribution in [0.15, 0.2) is 6.07 Å². The van der Waals surface area contributed by atoms with Crippen LogP contribution in [0.25, 0.3) is 0 Å². The van der Waals surface area contributed by atoms with Crippen LogP contribution in [0.2, 0.25) is 0 Å². The minimum Gasteiger partial charge on any atom is -0.377 e. The quantitative estimate of drug-likeness (QED) is 0.641. The first kappa shape index (κ1) is 15.7. The second-order valence-electron chi connectivity index (χ2n) is 4.69. The molecule has 0 amide bonds. The Morgan fingerprint density at radius 2 is 2.06 bits per heavy atom. The largest absolute Gasteiger partial charge is 0.377 e. The third-order valence-electron chi connectivity index (χ3n) is 3.02. The fourth-order valence-electron chi connectivity index (χ4n) is 1.88. The van der Waals surface area contributed by atoms with E-state index in [0.29, 0.717) is 0 Å². The standard InChI is InChI=1S/C15H27NOS/c1-4-6-7-8-9-17-12-14-10-15(11-16-5-2)18-13(14)3/h10,16H,4-9,11-12H2,1-3H3. The van der Waals surface area contributed by atoms with Gasteiger partial charge >= 0.3 is 0 Å². The van der Waals surface area contributed by atoms with Crippen LogP contribution in [0.1, 0.15) is 54.8 Å². The van der Waals surface area contributed by atoms with Crippen LogP contribution < -0.4 is 5.32 Å². The lowest BCUT2D eigenvalue weighted by atomic mass is 10.2. The maximum atomic E-state index is 5.75. The molecule has 0 fully saturated rings. The van der Waals surface area contributed by atoms with Crippen molar-refractivity contribution in [2.75, 3.05) is 13.2 Å². The Bertz CT molecular complexity index is 322. The lowest BCUT2D eigenvalue weighted by Crippen LogP contribution is -2.10. The van der Waals surface area contributed by atoms with Gasteiger partial charge in [-0.25, -0.2) is 0 Å². The number of hydrogen-bond acceptors (Lipinski definition) is 3. The Hall–Kier alpha value is -0.380. The summed E-state index contributed by atoms with van der Waals surface area (Å²) >= 11 is 1.88. The van der Waals surface area contributed by atoms with Crippen molar-refractivity contribution in [3.8, 4) is 0 Å². The van der Waals surface area contributed by atoms with Gasteiger partial charge in [0.05, 0.1) is 6.61 Å². The molecule has 0 aliphatic carbocycles. The molecule has 18 heavy (non-hydrogen) atoms. The molecule has 104 valence electrons. The van der Waals surface area contributed by atoms with Gasteiger partial charge in [-0.2, -0.15) is 0 Å². The topological polar surface area (TPSA) is 21.3 Å². The molecule has 0 aromatic carbocycles. The van der Waals surface area contributed by atoms with Gasteiger partial charge < -0.3 is 10.1 Å². The van der Waals surface area contributed by atoms with E-state index in [1.807, 2.05) is 11.3 Å². The molecule has 3 heteroatoms. The zero-order valence-corrected chi connectivity index (χ0v) is 12.9. The zero-order chi connectivity index (χ0) is 13.2. The van der Waals surface area contributed by atoms with Gasteiger partial charge in [0, 0.05) is 22.9 Å². The van der Waals surface area contributed by atoms with Crippen LogP contribution in [-0.4, -0.2) is 13.2 Å². The second kappa shape index (κ2) is 9.54. The summed E-state index contributed by atoms with van der Waals surface area (Å²) in [4.78, 5) is 2.82. The maximum Gasteiger partial charge on any atom is 0.0727 e. The molecular weight excluding hydrogens is 242 g/mol. The fraction of sp³-hybridized carbons (Fsp3) is 0.733. The van der Waals surface area contributed by atoms with E-state index < -0.39 is 0 Å². The monoisotopic (exact) mass is 269 g/mol. The third kappa shape index (κ3) is 5.98. The molecule has 1 rings (SSSR count). The summed E-state index contributed by atoms with van der Waals surface area (Å²) in [7, 11) is 0. The Balaban J connectivity index is 2.22. The number of nitrogens with one attached hydrogen (secondary N) is 1. The van der Waals surface area contributed by atoms with Crippen molar-refractivity contribution < 1.29 is 4.74 Å². The molecule has 0 saturated heterocycles. The van der Waals surface area contributed by atoms with Gasteiger partial charge in [-0.1, -0.05) is 33.1 Å².